The van der Waals surface area contributed by atoms with Crippen molar-refractivity contribution in [3.05, 3.63) is 64.2 Å². The second kappa shape index (κ2) is 5.03. The number of carbonyl (C=O) groups excluding carboxylic acids is 1. The first kappa shape index (κ1) is 13.9. The second-order valence-electron chi connectivity index (χ2n) is 6.11. The number of anilines is 1. The van der Waals surface area contributed by atoms with Gasteiger partial charge in [-0.15, -0.1) is 0 Å². The molecule has 2 aromatic rings. The lowest BCUT2D eigenvalue weighted by atomic mass is 9.99. The highest BCUT2D eigenvalue weighted by atomic mass is 16.2. The Kier molecular flexibility index (Phi) is 3.32. The summed E-state index contributed by atoms with van der Waals surface area (Å²) in [7, 11) is 0. The number of amides is 1. The summed E-state index contributed by atoms with van der Waals surface area (Å²) in [6, 6.07) is 12.6. The van der Waals surface area contributed by atoms with Crippen molar-refractivity contribution in [2.24, 2.45) is 0 Å². The summed E-state index contributed by atoms with van der Waals surface area (Å²) in [6.45, 7) is 8.29. The Morgan fingerprint density at radius 2 is 1.71 bits per heavy atom. The molecule has 0 saturated heterocycles. The van der Waals surface area contributed by atoms with Gasteiger partial charge in [-0.3, -0.25) is 4.79 Å². The van der Waals surface area contributed by atoms with Crippen LogP contribution in [0.4, 0.5) is 5.69 Å². The van der Waals surface area contributed by atoms with Gasteiger partial charge in [-0.2, -0.15) is 0 Å². The van der Waals surface area contributed by atoms with Crippen molar-refractivity contribution in [3.63, 3.8) is 0 Å². The average molecular weight is 279 g/mol. The normalized spacial score (nSPS) is 17.0. The van der Waals surface area contributed by atoms with Crippen molar-refractivity contribution in [1.29, 1.82) is 0 Å². The summed E-state index contributed by atoms with van der Waals surface area (Å²) in [4.78, 5) is 15.0. The lowest BCUT2D eigenvalue weighted by Gasteiger charge is -2.24. The first-order valence-electron chi connectivity index (χ1n) is 7.48. The molecule has 1 heterocycles. The van der Waals surface area contributed by atoms with E-state index in [9.17, 15) is 4.79 Å². The Hall–Kier alpha value is -2.09. The maximum atomic E-state index is 13.0. The molecule has 1 aliphatic rings. The van der Waals surface area contributed by atoms with Gasteiger partial charge in [0.15, 0.2) is 0 Å². The smallest absolute Gasteiger partial charge is 0.258 e. The van der Waals surface area contributed by atoms with Crippen LogP contribution in [0, 0.1) is 20.8 Å². The van der Waals surface area contributed by atoms with Gasteiger partial charge < -0.3 is 4.90 Å². The van der Waals surface area contributed by atoms with E-state index in [4.69, 9.17) is 0 Å². The second-order valence-corrected chi connectivity index (χ2v) is 6.11. The van der Waals surface area contributed by atoms with E-state index in [1.54, 1.807) is 0 Å². The van der Waals surface area contributed by atoms with Gasteiger partial charge in [0.2, 0.25) is 0 Å². The van der Waals surface area contributed by atoms with Crippen LogP contribution in [0.25, 0.3) is 0 Å². The molecule has 0 N–H and O–H groups in total. The number of rotatable bonds is 1. The fourth-order valence-electron chi connectivity index (χ4n) is 3.20. The Balaban J connectivity index is 2.05. The van der Waals surface area contributed by atoms with E-state index in [1.165, 1.54) is 16.7 Å². The molecule has 0 radical (unpaired) electrons. The van der Waals surface area contributed by atoms with Crippen LogP contribution >= 0.6 is 0 Å². The molecule has 108 valence electrons. The zero-order valence-electron chi connectivity index (χ0n) is 13.1. The van der Waals surface area contributed by atoms with Crippen LogP contribution in [0.1, 0.15) is 39.5 Å². The Labute approximate surface area is 126 Å². The summed E-state index contributed by atoms with van der Waals surface area (Å²) < 4.78 is 0. The van der Waals surface area contributed by atoms with Gasteiger partial charge in [-0.25, -0.2) is 0 Å². The van der Waals surface area contributed by atoms with Crippen LogP contribution in [0.5, 0.6) is 0 Å². The van der Waals surface area contributed by atoms with Crippen molar-refractivity contribution >= 4 is 11.6 Å². The highest BCUT2D eigenvalue weighted by Gasteiger charge is 2.31. The molecule has 1 aliphatic heterocycles. The number of hydrogen-bond acceptors (Lipinski definition) is 1. The van der Waals surface area contributed by atoms with Gasteiger partial charge in [0, 0.05) is 17.3 Å². The molecule has 3 rings (SSSR count). The van der Waals surface area contributed by atoms with E-state index in [1.807, 2.05) is 36.1 Å². The lowest BCUT2D eigenvalue weighted by molar-refractivity contribution is 0.0981. The molecular formula is C19H21NO. The standard InChI is InChI=1S/C19H21NO/c1-12-9-14(3)17(10-13(12)2)19(21)20-15(4)11-16-7-5-6-8-18(16)20/h5-10,15H,11H2,1-4H3. The lowest BCUT2D eigenvalue weighted by Crippen LogP contribution is -2.36. The van der Waals surface area contributed by atoms with Crippen LogP contribution in [0.15, 0.2) is 36.4 Å². The van der Waals surface area contributed by atoms with Crippen molar-refractivity contribution in [1.82, 2.24) is 0 Å². The highest BCUT2D eigenvalue weighted by Crippen LogP contribution is 2.33. The molecule has 0 saturated carbocycles. The van der Waals surface area contributed by atoms with E-state index >= 15 is 0 Å². The van der Waals surface area contributed by atoms with E-state index in [0.29, 0.717) is 0 Å². The molecular weight excluding hydrogens is 258 g/mol. The van der Waals surface area contributed by atoms with Gasteiger partial charge >= 0.3 is 0 Å². The van der Waals surface area contributed by atoms with Gasteiger partial charge in [-0.1, -0.05) is 24.3 Å². The first-order valence-corrected chi connectivity index (χ1v) is 7.48. The fraction of sp³-hybridized carbons (Fsp3) is 0.316. The van der Waals surface area contributed by atoms with Crippen molar-refractivity contribution < 1.29 is 4.79 Å². The van der Waals surface area contributed by atoms with E-state index in [-0.39, 0.29) is 11.9 Å². The SMILES string of the molecule is Cc1cc(C)c(C(=O)N2c3ccccc3CC2C)cc1C. The molecule has 2 nitrogen and oxygen atoms in total. The van der Waals surface area contributed by atoms with Crippen LogP contribution in [0.2, 0.25) is 0 Å². The molecule has 1 unspecified atom stereocenters. The third kappa shape index (κ3) is 2.25. The van der Waals surface area contributed by atoms with Gasteiger partial charge in [-0.05, 0) is 68.5 Å². The molecule has 1 amide bonds. The predicted octanol–water partition coefficient (Wildman–Crippen LogP) is 4.20. The average Bonchev–Trinajstić information content (AvgIpc) is 2.78. The van der Waals surface area contributed by atoms with E-state index < -0.39 is 0 Å². The Bertz CT molecular complexity index is 718. The predicted molar refractivity (Wildman–Crippen MR) is 87.1 cm³/mol. The number of hydrogen-bond donors (Lipinski definition) is 0. The Morgan fingerprint density at radius 3 is 2.48 bits per heavy atom. The minimum Gasteiger partial charge on any atom is -0.305 e. The van der Waals surface area contributed by atoms with E-state index in [2.05, 4.69) is 32.9 Å². The number of aryl methyl sites for hydroxylation is 3. The number of para-hydroxylation sites is 1. The molecule has 0 aromatic heterocycles. The van der Waals surface area contributed by atoms with Gasteiger partial charge in [0.25, 0.3) is 5.91 Å². The largest absolute Gasteiger partial charge is 0.305 e. The molecule has 0 aliphatic carbocycles. The van der Waals surface area contributed by atoms with Crippen molar-refractivity contribution in [2.45, 2.75) is 40.2 Å². The molecule has 2 aromatic carbocycles. The fourth-order valence-corrected chi connectivity index (χ4v) is 3.20. The van der Waals surface area contributed by atoms with Gasteiger partial charge in [0.1, 0.15) is 0 Å². The number of fused-ring (bicyclic) bond motifs is 1. The highest BCUT2D eigenvalue weighted by molar-refractivity contribution is 6.08. The summed E-state index contributed by atoms with van der Waals surface area (Å²) in [6.07, 6.45) is 0.936. The molecule has 1 atom stereocenters. The molecule has 0 spiro atoms. The zero-order chi connectivity index (χ0) is 15.1. The zero-order valence-corrected chi connectivity index (χ0v) is 13.1. The van der Waals surface area contributed by atoms with Crippen molar-refractivity contribution in [3.8, 4) is 0 Å². The summed E-state index contributed by atoms with van der Waals surface area (Å²) in [5, 5.41) is 0. The monoisotopic (exact) mass is 279 g/mol. The third-order valence-corrected chi connectivity index (χ3v) is 4.50. The van der Waals surface area contributed by atoms with Crippen LogP contribution < -0.4 is 4.90 Å². The molecule has 0 bridgehead atoms. The summed E-state index contributed by atoms with van der Waals surface area (Å²) in [5.74, 6) is 0.119. The molecule has 0 fully saturated rings. The molecule has 2 heteroatoms. The third-order valence-electron chi connectivity index (χ3n) is 4.50. The maximum Gasteiger partial charge on any atom is 0.258 e. The number of benzene rings is 2. The Morgan fingerprint density at radius 1 is 1.05 bits per heavy atom. The molecule has 21 heavy (non-hydrogen) atoms. The maximum absolute atomic E-state index is 13.0. The van der Waals surface area contributed by atoms with Crippen LogP contribution in [0.3, 0.4) is 0 Å². The van der Waals surface area contributed by atoms with Crippen LogP contribution in [-0.2, 0) is 6.42 Å². The first-order chi connectivity index (χ1) is 9.99. The van der Waals surface area contributed by atoms with Crippen LogP contribution in [-0.4, -0.2) is 11.9 Å². The number of carbonyl (C=O) groups is 1. The van der Waals surface area contributed by atoms with E-state index in [0.717, 1.165) is 23.2 Å². The topological polar surface area (TPSA) is 20.3 Å². The number of nitrogens with zero attached hydrogens (tertiary/aromatic N) is 1. The minimum absolute atomic E-state index is 0.119. The summed E-state index contributed by atoms with van der Waals surface area (Å²) in [5.41, 5.74) is 6.61. The summed E-state index contributed by atoms with van der Waals surface area (Å²) >= 11 is 0. The quantitative estimate of drug-likeness (QED) is 0.766. The van der Waals surface area contributed by atoms with Gasteiger partial charge in [0.05, 0.1) is 0 Å². The minimum atomic E-state index is 0.119. The van der Waals surface area contributed by atoms with Crippen molar-refractivity contribution in [2.75, 3.05) is 4.90 Å².